The fraction of sp³-hybridized carbons (Fsp3) is 0.412. The Balaban J connectivity index is 2.18. The minimum absolute atomic E-state index is 0.152. The largest absolute Gasteiger partial charge is 0.312 e. The molecule has 20 heavy (non-hydrogen) atoms. The molecule has 0 radical (unpaired) electrons. The van der Waals surface area contributed by atoms with Crippen LogP contribution in [0.25, 0.3) is 10.8 Å². The molecule has 1 N–H and O–H groups in total. The van der Waals surface area contributed by atoms with Gasteiger partial charge in [-0.2, -0.15) is 0 Å². The molecule has 0 saturated heterocycles. The van der Waals surface area contributed by atoms with Crippen LogP contribution < -0.4 is 5.32 Å². The van der Waals surface area contributed by atoms with Crippen molar-refractivity contribution in [2.75, 3.05) is 18.6 Å². The van der Waals surface area contributed by atoms with Crippen LogP contribution in [0.4, 0.5) is 0 Å². The average molecular weight is 289 g/mol. The summed E-state index contributed by atoms with van der Waals surface area (Å²) in [5.41, 5.74) is 1.21. The molecule has 0 aliphatic rings. The topological polar surface area (TPSA) is 29.1 Å². The smallest absolute Gasteiger partial charge is 0.0434 e. The van der Waals surface area contributed by atoms with Crippen molar-refractivity contribution in [2.45, 2.75) is 19.9 Å². The SMILES string of the molecule is CNC(CS(=O)CC(C)C)c1ccc2ccccc2c1. The maximum atomic E-state index is 12.1. The molecule has 0 amide bonds. The Morgan fingerprint density at radius 2 is 1.75 bits per heavy atom. The van der Waals surface area contributed by atoms with Crippen LogP contribution in [-0.4, -0.2) is 22.8 Å². The number of rotatable bonds is 6. The van der Waals surface area contributed by atoms with Gasteiger partial charge in [0.05, 0.1) is 0 Å². The summed E-state index contributed by atoms with van der Waals surface area (Å²) >= 11 is 0. The van der Waals surface area contributed by atoms with Crippen molar-refractivity contribution < 1.29 is 4.21 Å². The maximum Gasteiger partial charge on any atom is 0.0434 e. The van der Waals surface area contributed by atoms with E-state index >= 15 is 0 Å². The van der Waals surface area contributed by atoms with Crippen molar-refractivity contribution in [3.8, 4) is 0 Å². The van der Waals surface area contributed by atoms with Gasteiger partial charge in [-0.3, -0.25) is 4.21 Å². The van der Waals surface area contributed by atoms with Gasteiger partial charge < -0.3 is 5.32 Å². The third-order valence-corrected chi connectivity index (χ3v) is 5.14. The van der Waals surface area contributed by atoms with E-state index in [9.17, 15) is 4.21 Å². The summed E-state index contributed by atoms with van der Waals surface area (Å²) < 4.78 is 12.1. The zero-order valence-electron chi connectivity index (χ0n) is 12.4. The molecule has 108 valence electrons. The standard InChI is InChI=1S/C17H23NOS/c1-13(2)11-20(19)12-17(18-3)16-9-8-14-6-4-5-7-15(14)10-16/h4-10,13,17-18H,11-12H2,1-3H3. The molecule has 0 aromatic heterocycles. The molecule has 3 heteroatoms. The molecule has 2 aromatic carbocycles. The van der Waals surface area contributed by atoms with Gasteiger partial charge in [-0.1, -0.05) is 50.2 Å². The van der Waals surface area contributed by atoms with Gasteiger partial charge in [-0.15, -0.1) is 0 Å². The lowest BCUT2D eigenvalue weighted by atomic mass is 10.0. The Hall–Kier alpha value is -1.19. The van der Waals surface area contributed by atoms with Crippen molar-refractivity contribution in [1.82, 2.24) is 5.32 Å². The number of benzene rings is 2. The van der Waals surface area contributed by atoms with E-state index in [-0.39, 0.29) is 6.04 Å². The molecule has 2 unspecified atom stereocenters. The quantitative estimate of drug-likeness (QED) is 0.882. The molecule has 0 aliphatic heterocycles. The van der Waals surface area contributed by atoms with E-state index in [0.717, 1.165) is 5.75 Å². The van der Waals surface area contributed by atoms with Crippen LogP contribution in [0, 0.1) is 5.92 Å². The molecule has 0 aliphatic carbocycles. The van der Waals surface area contributed by atoms with Crippen LogP contribution in [0.15, 0.2) is 42.5 Å². The number of hydrogen-bond donors (Lipinski definition) is 1. The zero-order valence-corrected chi connectivity index (χ0v) is 13.2. The lowest BCUT2D eigenvalue weighted by Crippen LogP contribution is -2.24. The van der Waals surface area contributed by atoms with E-state index in [2.05, 4.69) is 61.6 Å². The summed E-state index contributed by atoms with van der Waals surface area (Å²) in [6.45, 7) is 4.23. The molecular formula is C17H23NOS. The number of nitrogens with one attached hydrogen (secondary N) is 1. The first kappa shape index (κ1) is 15.2. The predicted molar refractivity (Wildman–Crippen MR) is 88.5 cm³/mol. The molecule has 2 atom stereocenters. The van der Waals surface area contributed by atoms with Crippen LogP contribution in [0.3, 0.4) is 0 Å². The van der Waals surface area contributed by atoms with Gasteiger partial charge in [0.25, 0.3) is 0 Å². The van der Waals surface area contributed by atoms with Gasteiger partial charge >= 0.3 is 0 Å². The monoisotopic (exact) mass is 289 g/mol. The fourth-order valence-electron chi connectivity index (χ4n) is 2.40. The molecule has 2 aromatic rings. The van der Waals surface area contributed by atoms with Gasteiger partial charge in [-0.25, -0.2) is 0 Å². The van der Waals surface area contributed by atoms with Crippen molar-refractivity contribution in [1.29, 1.82) is 0 Å². The van der Waals surface area contributed by atoms with Gasteiger partial charge in [0.15, 0.2) is 0 Å². The Bertz CT molecular complexity index is 594. The number of hydrogen-bond acceptors (Lipinski definition) is 2. The summed E-state index contributed by atoms with van der Waals surface area (Å²) in [5.74, 6) is 1.92. The molecule has 0 saturated carbocycles. The minimum Gasteiger partial charge on any atom is -0.312 e. The Kier molecular flexibility index (Phi) is 5.32. The lowest BCUT2D eigenvalue weighted by molar-refractivity contribution is 0.627. The van der Waals surface area contributed by atoms with Crippen LogP contribution in [-0.2, 0) is 10.8 Å². The van der Waals surface area contributed by atoms with Crippen molar-refractivity contribution in [3.05, 3.63) is 48.0 Å². The zero-order chi connectivity index (χ0) is 14.5. The second-order valence-corrected chi connectivity index (χ2v) is 7.16. The first-order valence-corrected chi connectivity index (χ1v) is 8.60. The molecule has 0 spiro atoms. The normalized spacial score (nSPS) is 14.6. The average Bonchev–Trinajstić information content (AvgIpc) is 2.43. The lowest BCUT2D eigenvalue weighted by Gasteiger charge is -2.17. The van der Waals surface area contributed by atoms with Crippen LogP contribution >= 0.6 is 0 Å². The molecule has 0 heterocycles. The summed E-state index contributed by atoms with van der Waals surface area (Å²) in [6.07, 6.45) is 0. The van der Waals surface area contributed by atoms with E-state index in [4.69, 9.17) is 0 Å². The van der Waals surface area contributed by atoms with Crippen LogP contribution in [0.5, 0.6) is 0 Å². The van der Waals surface area contributed by atoms with E-state index in [1.165, 1.54) is 16.3 Å². The van der Waals surface area contributed by atoms with Gasteiger partial charge in [-0.05, 0) is 35.4 Å². The second-order valence-electron chi connectivity index (χ2n) is 5.61. The minimum atomic E-state index is -0.777. The first-order valence-electron chi connectivity index (χ1n) is 7.11. The Morgan fingerprint density at radius 3 is 2.40 bits per heavy atom. The third-order valence-electron chi connectivity index (χ3n) is 3.40. The molecule has 0 bridgehead atoms. The first-order chi connectivity index (χ1) is 9.60. The maximum absolute atomic E-state index is 12.1. The number of fused-ring (bicyclic) bond motifs is 1. The van der Waals surface area contributed by atoms with E-state index in [0.29, 0.717) is 11.7 Å². The van der Waals surface area contributed by atoms with Gasteiger partial charge in [0.2, 0.25) is 0 Å². The predicted octanol–water partition coefficient (Wildman–Crippen LogP) is 3.51. The van der Waals surface area contributed by atoms with Crippen molar-refractivity contribution in [3.63, 3.8) is 0 Å². The van der Waals surface area contributed by atoms with Gasteiger partial charge in [0, 0.05) is 28.3 Å². The van der Waals surface area contributed by atoms with E-state index < -0.39 is 10.8 Å². The summed E-state index contributed by atoms with van der Waals surface area (Å²) in [6, 6.07) is 15.0. The Labute approximate surface area is 124 Å². The highest BCUT2D eigenvalue weighted by atomic mass is 32.2. The highest BCUT2D eigenvalue weighted by molar-refractivity contribution is 7.85. The van der Waals surface area contributed by atoms with Crippen molar-refractivity contribution >= 4 is 21.6 Å². The van der Waals surface area contributed by atoms with Crippen molar-refractivity contribution in [2.24, 2.45) is 5.92 Å². The Morgan fingerprint density at radius 1 is 1.05 bits per heavy atom. The molecule has 0 fully saturated rings. The highest BCUT2D eigenvalue weighted by Crippen LogP contribution is 2.21. The second kappa shape index (κ2) is 7.00. The summed E-state index contributed by atoms with van der Waals surface area (Å²) in [5, 5.41) is 5.77. The third kappa shape index (κ3) is 3.90. The highest BCUT2D eigenvalue weighted by Gasteiger charge is 2.14. The summed E-state index contributed by atoms with van der Waals surface area (Å²) in [7, 11) is 1.16. The van der Waals surface area contributed by atoms with E-state index in [1.54, 1.807) is 0 Å². The van der Waals surface area contributed by atoms with E-state index in [1.807, 2.05) is 7.05 Å². The van der Waals surface area contributed by atoms with Gasteiger partial charge in [0.1, 0.15) is 0 Å². The molecule has 2 rings (SSSR count). The van der Waals surface area contributed by atoms with Crippen LogP contribution in [0.2, 0.25) is 0 Å². The molecule has 2 nitrogen and oxygen atoms in total. The summed E-state index contributed by atoms with van der Waals surface area (Å²) in [4.78, 5) is 0. The molecular weight excluding hydrogens is 266 g/mol. The van der Waals surface area contributed by atoms with Crippen LogP contribution in [0.1, 0.15) is 25.5 Å². The fourth-order valence-corrected chi connectivity index (χ4v) is 4.01.